The van der Waals surface area contributed by atoms with E-state index in [0.717, 1.165) is 55.1 Å². The second kappa shape index (κ2) is 8.87. The van der Waals surface area contributed by atoms with Crippen LogP contribution in [0.1, 0.15) is 71.1 Å². The molecule has 2 aromatic rings. The highest BCUT2D eigenvalue weighted by Gasteiger charge is 2.27. The first-order valence-corrected chi connectivity index (χ1v) is 11.9. The number of aryl methyl sites for hydroxylation is 1. The summed E-state index contributed by atoms with van der Waals surface area (Å²) in [6, 6.07) is 0. The molecule has 0 aliphatic heterocycles. The second-order valence-corrected chi connectivity index (χ2v) is 9.67. The number of thiophene rings is 1. The zero-order valence-electron chi connectivity index (χ0n) is 16.8. The Morgan fingerprint density at radius 2 is 1.97 bits per heavy atom. The lowest BCUT2D eigenvalue weighted by atomic mass is 9.95. The van der Waals surface area contributed by atoms with Gasteiger partial charge in [0.05, 0.1) is 18.4 Å². The number of anilines is 1. The zero-order valence-corrected chi connectivity index (χ0v) is 18.5. The highest BCUT2D eigenvalue weighted by molar-refractivity contribution is 7.99. The molecule has 9 heteroatoms. The van der Waals surface area contributed by atoms with Gasteiger partial charge in [0, 0.05) is 17.8 Å². The fourth-order valence-corrected chi connectivity index (χ4v) is 6.27. The highest BCUT2D eigenvalue weighted by Crippen LogP contribution is 2.39. The predicted molar refractivity (Wildman–Crippen MR) is 114 cm³/mol. The van der Waals surface area contributed by atoms with Gasteiger partial charge in [-0.3, -0.25) is 4.79 Å². The van der Waals surface area contributed by atoms with Gasteiger partial charge in [-0.2, -0.15) is 0 Å². The molecule has 2 aromatic heterocycles. The van der Waals surface area contributed by atoms with E-state index in [2.05, 4.69) is 15.5 Å². The maximum absolute atomic E-state index is 12.6. The molecular weight excluding hydrogens is 408 g/mol. The average molecular weight is 435 g/mol. The van der Waals surface area contributed by atoms with Crippen LogP contribution in [0.25, 0.3) is 0 Å². The number of carbonyl (C=O) groups excluding carboxylic acids is 2. The van der Waals surface area contributed by atoms with Gasteiger partial charge in [0.25, 0.3) is 0 Å². The summed E-state index contributed by atoms with van der Waals surface area (Å²) in [7, 11) is 3.35. The summed E-state index contributed by atoms with van der Waals surface area (Å²) < 4.78 is 6.98. The Labute approximate surface area is 178 Å². The van der Waals surface area contributed by atoms with Crippen LogP contribution in [0.2, 0.25) is 0 Å². The summed E-state index contributed by atoms with van der Waals surface area (Å²) in [5.41, 5.74) is 1.58. The summed E-state index contributed by atoms with van der Waals surface area (Å²) in [5.74, 6) is 1.20. The highest BCUT2D eigenvalue weighted by atomic mass is 32.2. The van der Waals surface area contributed by atoms with E-state index in [9.17, 15) is 9.59 Å². The normalized spacial score (nSPS) is 16.6. The number of esters is 1. The van der Waals surface area contributed by atoms with Crippen molar-refractivity contribution >= 4 is 40.0 Å². The van der Waals surface area contributed by atoms with Crippen molar-refractivity contribution in [2.24, 2.45) is 7.05 Å². The van der Waals surface area contributed by atoms with Gasteiger partial charge < -0.3 is 14.6 Å². The summed E-state index contributed by atoms with van der Waals surface area (Å²) in [4.78, 5) is 26.1. The molecule has 1 fully saturated rings. The minimum absolute atomic E-state index is 0.149. The molecular formula is C20H26N4O3S2. The summed E-state index contributed by atoms with van der Waals surface area (Å²) in [6.07, 6.45) is 8.82. The smallest absolute Gasteiger partial charge is 0.341 e. The minimum Gasteiger partial charge on any atom is -0.465 e. The molecule has 0 spiro atoms. The lowest BCUT2D eigenvalue weighted by Crippen LogP contribution is -2.17. The van der Waals surface area contributed by atoms with Crippen LogP contribution in [-0.2, 0) is 29.4 Å². The van der Waals surface area contributed by atoms with E-state index in [1.54, 1.807) is 0 Å². The summed E-state index contributed by atoms with van der Waals surface area (Å²) in [5, 5.41) is 12.9. The standard InChI is InChI=1S/C20H26N4O3S2/c1-24-17(12-7-3-4-8-12)22-23-20(24)28-11-15(25)21-18-16(19(26)27-2)13-9-5-6-10-14(13)29-18/h12H,3-11H2,1-2H3,(H,21,25). The molecule has 2 aliphatic rings. The van der Waals surface area contributed by atoms with Crippen LogP contribution in [0.3, 0.4) is 0 Å². The molecule has 1 amide bonds. The second-order valence-electron chi connectivity index (χ2n) is 7.62. The van der Waals surface area contributed by atoms with Crippen LogP contribution in [-0.4, -0.2) is 39.5 Å². The number of rotatable bonds is 6. The van der Waals surface area contributed by atoms with Gasteiger partial charge >= 0.3 is 5.97 Å². The molecule has 0 radical (unpaired) electrons. The number of amides is 1. The van der Waals surface area contributed by atoms with Crippen molar-refractivity contribution in [1.82, 2.24) is 14.8 Å². The van der Waals surface area contributed by atoms with Crippen LogP contribution in [0, 0.1) is 0 Å². The Hall–Kier alpha value is -1.87. The Kier molecular flexibility index (Phi) is 6.24. The van der Waals surface area contributed by atoms with Crippen molar-refractivity contribution in [3.8, 4) is 0 Å². The van der Waals surface area contributed by atoms with Crippen molar-refractivity contribution < 1.29 is 14.3 Å². The molecule has 0 saturated heterocycles. The van der Waals surface area contributed by atoms with Crippen LogP contribution in [0.4, 0.5) is 5.00 Å². The molecule has 7 nitrogen and oxygen atoms in total. The van der Waals surface area contributed by atoms with Gasteiger partial charge in [-0.15, -0.1) is 21.5 Å². The van der Waals surface area contributed by atoms with Crippen molar-refractivity contribution in [2.75, 3.05) is 18.2 Å². The fraction of sp³-hybridized carbons (Fsp3) is 0.600. The van der Waals surface area contributed by atoms with Gasteiger partial charge in [-0.1, -0.05) is 24.6 Å². The first kappa shape index (κ1) is 20.4. The first-order valence-electron chi connectivity index (χ1n) is 10.1. The van der Waals surface area contributed by atoms with Crippen LogP contribution < -0.4 is 5.32 Å². The molecule has 29 heavy (non-hydrogen) atoms. The number of aromatic nitrogens is 3. The van der Waals surface area contributed by atoms with E-state index in [-0.39, 0.29) is 17.6 Å². The zero-order chi connectivity index (χ0) is 20.4. The van der Waals surface area contributed by atoms with E-state index in [4.69, 9.17) is 4.74 Å². The van der Waals surface area contributed by atoms with Crippen LogP contribution in [0.5, 0.6) is 0 Å². The molecule has 0 unspecified atom stereocenters. The number of nitrogens with zero attached hydrogens (tertiary/aromatic N) is 3. The van der Waals surface area contributed by atoms with E-state index < -0.39 is 0 Å². The van der Waals surface area contributed by atoms with Crippen molar-refractivity contribution in [2.45, 2.75) is 62.4 Å². The van der Waals surface area contributed by atoms with Gasteiger partial charge in [0.1, 0.15) is 10.8 Å². The average Bonchev–Trinajstić information content (AvgIpc) is 3.44. The quantitative estimate of drug-likeness (QED) is 0.548. The van der Waals surface area contributed by atoms with Crippen molar-refractivity contribution in [3.05, 3.63) is 21.8 Å². The number of thioether (sulfide) groups is 1. The lowest BCUT2D eigenvalue weighted by molar-refractivity contribution is -0.113. The fourth-order valence-electron chi connectivity index (χ4n) is 4.26. The van der Waals surface area contributed by atoms with Gasteiger partial charge in [0.15, 0.2) is 5.16 Å². The molecule has 0 aromatic carbocycles. The number of hydrogen-bond donors (Lipinski definition) is 1. The van der Waals surface area contributed by atoms with E-state index in [1.807, 2.05) is 11.6 Å². The Bertz CT molecular complexity index is 915. The molecule has 2 aliphatic carbocycles. The monoisotopic (exact) mass is 434 g/mol. The molecule has 4 rings (SSSR count). The number of ether oxygens (including phenoxy) is 1. The Morgan fingerprint density at radius 1 is 1.21 bits per heavy atom. The third-order valence-electron chi connectivity index (χ3n) is 5.74. The van der Waals surface area contributed by atoms with Gasteiger partial charge in [0.2, 0.25) is 5.91 Å². The van der Waals surface area contributed by atoms with Crippen molar-refractivity contribution in [3.63, 3.8) is 0 Å². The minimum atomic E-state index is -0.373. The number of nitrogens with one attached hydrogen (secondary N) is 1. The number of methoxy groups -OCH3 is 1. The molecule has 0 bridgehead atoms. The van der Waals surface area contributed by atoms with Gasteiger partial charge in [-0.05, 0) is 44.1 Å². The molecule has 1 N–H and O–H groups in total. The van der Waals surface area contributed by atoms with E-state index in [1.165, 1.54) is 47.9 Å². The third kappa shape index (κ3) is 4.21. The summed E-state index contributed by atoms with van der Waals surface area (Å²) >= 11 is 2.88. The molecule has 1 saturated carbocycles. The number of carbonyl (C=O) groups is 2. The predicted octanol–water partition coefficient (Wildman–Crippen LogP) is 3.93. The Balaban J connectivity index is 1.43. The SMILES string of the molecule is COC(=O)c1c(NC(=O)CSc2nnc(C3CCCC3)n2C)sc2c1CCCC2. The van der Waals surface area contributed by atoms with E-state index >= 15 is 0 Å². The number of fused-ring (bicyclic) bond motifs is 1. The molecule has 2 heterocycles. The topological polar surface area (TPSA) is 86.1 Å². The maximum atomic E-state index is 12.6. The maximum Gasteiger partial charge on any atom is 0.341 e. The Morgan fingerprint density at radius 3 is 2.72 bits per heavy atom. The lowest BCUT2D eigenvalue weighted by Gasteiger charge is -2.11. The van der Waals surface area contributed by atoms with Crippen LogP contribution >= 0.6 is 23.1 Å². The largest absolute Gasteiger partial charge is 0.465 e. The van der Waals surface area contributed by atoms with Gasteiger partial charge in [-0.25, -0.2) is 4.79 Å². The van der Waals surface area contributed by atoms with Crippen LogP contribution in [0.15, 0.2) is 5.16 Å². The third-order valence-corrected chi connectivity index (χ3v) is 7.96. The van der Waals surface area contributed by atoms with Crippen molar-refractivity contribution in [1.29, 1.82) is 0 Å². The molecule has 156 valence electrons. The number of hydrogen-bond acceptors (Lipinski definition) is 7. The first-order chi connectivity index (χ1) is 14.1. The van der Waals surface area contributed by atoms with E-state index in [0.29, 0.717) is 16.5 Å². The molecule has 0 atom stereocenters. The summed E-state index contributed by atoms with van der Waals surface area (Å²) in [6.45, 7) is 0.